The molecule has 0 unspecified atom stereocenters. The molecule has 2 aliphatic rings. The maximum atomic E-state index is 12.2. The predicted octanol–water partition coefficient (Wildman–Crippen LogP) is 7.25. The van der Waals surface area contributed by atoms with Gasteiger partial charge in [0, 0.05) is 0 Å². The van der Waals surface area contributed by atoms with E-state index in [0.29, 0.717) is 12.3 Å². The number of halogens is 2. The molecule has 0 amide bonds. The molecule has 2 aliphatic carbocycles. The predicted molar refractivity (Wildman–Crippen MR) is 96.2 cm³/mol. The fraction of sp³-hybridized carbons (Fsp3) is 0.636. The first kappa shape index (κ1) is 17.6. The van der Waals surface area contributed by atoms with Crippen molar-refractivity contribution in [3.8, 4) is 0 Å². The van der Waals surface area contributed by atoms with Crippen molar-refractivity contribution in [3.63, 3.8) is 0 Å². The third-order valence-electron chi connectivity index (χ3n) is 6.48. The van der Waals surface area contributed by atoms with Gasteiger partial charge in [-0.1, -0.05) is 29.8 Å². The van der Waals surface area contributed by atoms with Gasteiger partial charge >= 0.3 is 0 Å². The highest BCUT2D eigenvalue weighted by molar-refractivity contribution is 5.24. The van der Waals surface area contributed by atoms with Gasteiger partial charge in [-0.2, -0.15) is 8.78 Å². The second-order valence-electron chi connectivity index (χ2n) is 8.03. The summed E-state index contributed by atoms with van der Waals surface area (Å²) in [4.78, 5) is 0. The Balaban J connectivity index is 1.44. The van der Waals surface area contributed by atoms with Gasteiger partial charge in [0.05, 0.1) is 0 Å². The van der Waals surface area contributed by atoms with Crippen LogP contribution in [0.15, 0.2) is 36.4 Å². The average Bonchev–Trinajstić information content (AvgIpc) is 2.61. The Hall–Kier alpha value is -1.18. The van der Waals surface area contributed by atoms with Crippen molar-refractivity contribution in [3.05, 3.63) is 47.5 Å². The van der Waals surface area contributed by atoms with Crippen LogP contribution in [0.1, 0.15) is 74.8 Å². The lowest BCUT2D eigenvalue weighted by Gasteiger charge is -2.38. The lowest BCUT2D eigenvalue weighted by atomic mass is 9.68. The molecule has 2 saturated carbocycles. The summed E-state index contributed by atoms with van der Waals surface area (Å²) in [6.45, 7) is 2.15. The van der Waals surface area contributed by atoms with Gasteiger partial charge in [0.2, 0.25) is 0 Å². The molecule has 0 atom stereocenters. The standard InChI is InChI=1S/C22H30F2/c1-16-2-7-18(8-3-16)20-11-13-21(14-12-20)19-9-4-17(5-10-19)6-15-22(23)24/h2-3,7-8,15,17,19-21H,4-6,9-14H2,1H3. The third kappa shape index (κ3) is 4.68. The van der Waals surface area contributed by atoms with Crippen LogP contribution in [0.4, 0.5) is 8.78 Å². The van der Waals surface area contributed by atoms with Crippen molar-refractivity contribution >= 4 is 0 Å². The van der Waals surface area contributed by atoms with Crippen LogP contribution in [0.25, 0.3) is 0 Å². The monoisotopic (exact) mass is 332 g/mol. The van der Waals surface area contributed by atoms with Crippen LogP contribution in [0.2, 0.25) is 0 Å². The molecule has 2 heteroatoms. The number of aryl methyl sites for hydroxylation is 1. The number of hydrogen-bond donors (Lipinski definition) is 0. The van der Waals surface area contributed by atoms with Gasteiger partial charge in [0.1, 0.15) is 0 Å². The molecule has 0 nitrogen and oxygen atoms in total. The molecule has 3 rings (SSSR count). The van der Waals surface area contributed by atoms with Crippen LogP contribution in [0, 0.1) is 24.7 Å². The quantitative estimate of drug-likeness (QED) is 0.545. The molecule has 0 saturated heterocycles. The van der Waals surface area contributed by atoms with Crippen molar-refractivity contribution < 1.29 is 8.78 Å². The van der Waals surface area contributed by atoms with Crippen LogP contribution in [-0.2, 0) is 0 Å². The molecule has 24 heavy (non-hydrogen) atoms. The summed E-state index contributed by atoms with van der Waals surface area (Å²) in [5.74, 6) is 2.96. The Kier molecular flexibility index (Phi) is 6.08. The molecule has 0 spiro atoms. The molecule has 0 heterocycles. The zero-order valence-corrected chi connectivity index (χ0v) is 14.8. The third-order valence-corrected chi connectivity index (χ3v) is 6.48. The smallest absolute Gasteiger partial charge is 0.174 e. The molecule has 132 valence electrons. The minimum atomic E-state index is -1.51. The summed E-state index contributed by atoms with van der Waals surface area (Å²) in [5.41, 5.74) is 2.86. The molecule has 0 N–H and O–H groups in total. The van der Waals surface area contributed by atoms with E-state index in [9.17, 15) is 8.78 Å². The van der Waals surface area contributed by atoms with Crippen LogP contribution in [-0.4, -0.2) is 0 Å². The lowest BCUT2D eigenvalue weighted by Crippen LogP contribution is -2.25. The summed E-state index contributed by atoms with van der Waals surface area (Å²) < 4.78 is 24.4. The largest absolute Gasteiger partial charge is 0.266 e. The van der Waals surface area contributed by atoms with E-state index in [2.05, 4.69) is 31.2 Å². The first-order valence-electron chi connectivity index (χ1n) is 9.69. The number of benzene rings is 1. The van der Waals surface area contributed by atoms with Crippen molar-refractivity contribution in [2.45, 2.75) is 70.6 Å². The number of rotatable bonds is 4. The Morgan fingerprint density at radius 3 is 1.96 bits per heavy atom. The average molecular weight is 332 g/mol. The fourth-order valence-electron chi connectivity index (χ4n) is 4.91. The summed E-state index contributed by atoms with van der Waals surface area (Å²) in [6.07, 6.45) is 10.4. The lowest BCUT2D eigenvalue weighted by molar-refractivity contribution is 0.160. The highest BCUT2D eigenvalue weighted by Crippen LogP contribution is 2.44. The van der Waals surface area contributed by atoms with E-state index < -0.39 is 6.08 Å². The van der Waals surface area contributed by atoms with Gasteiger partial charge in [-0.05, 0) is 100 Å². The van der Waals surface area contributed by atoms with E-state index in [-0.39, 0.29) is 0 Å². The fourth-order valence-corrected chi connectivity index (χ4v) is 4.91. The first-order chi connectivity index (χ1) is 11.6. The van der Waals surface area contributed by atoms with Gasteiger partial charge in [-0.15, -0.1) is 0 Å². The second-order valence-corrected chi connectivity index (χ2v) is 8.03. The topological polar surface area (TPSA) is 0 Å². The van der Waals surface area contributed by atoms with Gasteiger partial charge in [-0.3, -0.25) is 0 Å². The molecule has 2 fully saturated rings. The molecule has 0 aromatic heterocycles. The van der Waals surface area contributed by atoms with Crippen LogP contribution in [0.5, 0.6) is 0 Å². The minimum Gasteiger partial charge on any atom is -0.174 e. The molecule has 0 aliphatic heterocycles. The van der Waals surface area contributed by atoms with Crippen molar-refractivity contribution in [2.24, 2.45) is 17.8 Å². The molecule has 0 bridgehead atoms. The van der Waals surface area contributed by atoms with Gasteiger partial charge in [0.15, 0.2) is 0 Å². The Morgan fingerprint density at radius 1 is 0.875 bits per heavy atom. The normalized spacial score (nSPS) is 30.8. The maximum Gasteiger partial charge on any atom is 0.266 e. The Labute approximate surface area is 145 Å². The van der Waals surface area contributed by atoms with Crippen molar-refractivity contribution in [1.82, 2.24) is 0 Å². The summed E-state index contributed by atoms with van der Waals surface area (Å²) >= 11 is 0. The van der Waals surface area contributed by atoms with E-state index in [0.717, 1.165) is 36.7 Å². The highest BCUT2D eigenvalue weighted by Gasteiger charge is 2.31. The number of allylic oxidation sites excluding steroid dienone is 1. The molecule has 1 aromatic rings. The molecular weight excluding hydrogens is 302 g/mol. The van der Waals surface area contributed by atoms with E-state index in [1.54, 1.807) is 0 Å². The summed E-state index contributed by atoms with van der Waals surface area (Å²) in [5, 5.41) is 0. The maximum absolute atomic E-state index is 12.2. The van der Waals surface area contributed by atoms with Crippen LogP contribution < -0.4 is 0 Å². The first-order valence-corrected chi connectivity index (χ1v) is 9.69. The summed E-state index contributed by atoms with van der Waals surface area (Å²) in [7, 11) is 0. The summed E-state index contributed by atoms with van der Waals surface area (Å²) in [6, 6.07) is 9.08. The van der Waals surface area contributed by atoms with E-state index >= 15 is 0 Å². The van der Waals surface area contributed by atoms with Crippen molar-refractivity contribution in [2.75, 3.05) is 0 Å². The Bertz CT molecular complexity index is 526. The SMILES string of the molecule is Cc1ccc(C2CCC(C3CCC(CC=C(F)F)CC3)CC2)cc1. The highest BCUT2D eigenvalue weighted by atomic mass is 19.3. The van der Waals surface area contributed by atoms with Gasteiger partial charge in [-0.25, -0.2) is 0 Å². The van der Waals surface area contributed by atoms with Gasteiger partial charge in [0.25, 0.3) is 6.08 Å². The zero-order chi connectivity index (χ0) is 16.9. The van der Waals surface area contributed by atoms with Gasteiger partial charge < -0.3 is 0 Å². The van der Waals surface area contributed by atoms with E-state index in [1.807, 2.05) is 0 Å². The van der Waals surface area contributed by atoms with Crippen molar-refractivity contribution in [1.29, 1.82) is 0 Å². The number of hydrogen-bond acceptors (Lipinski definition) is 0. The van der Waals surface area contributed by atoms with E-state index in [4.69, 9.17) is 0 Å². The van der Waals surface area contributed by atoms with E-state index in [1.165, 1.54) is 49.7 Å². The van der Waals surface area contributed by atoms with Crippen LogP contribution >= 0.6 is 0 Å². The minimum absolute atomic E-state index is 0.492. The molecular formula is C22H30F2. The van der Waals surface area contributed by atoms with Crippen LogP contribution in [0.3, 0.4) is 0 Å². The Morgan fingerprint density at radius 2 is 1.42 bits per heavy atom. The zero-order valence-electron chi connectivity index (χ0n) is 14.8. The molecule has 0 radical (unpaired) electrons. The molecule has 1 aromatic carbocycles. The second kappa shape index (κ2) is 8.27.